The number of carbonyl (C=O) groups excluding carboxylic acids is 1. The highest BCUT2D eigenvalue weighted by molar-refractivity contribution is 6.15. The smallest absolute Gasteiger partial charge is 0.416 e. The molecule has 4 nitrogen and oxygen atoms in total. The molecule has 2 aromatic rings. The zero-order valence-corrected chi connectivity index (χ0v) is 11.4. The molecular formula is C16H9F3O4. The molecule has 0 spiro atoms. The molecule has 7 heteroatoms. The van der Waals surface area contributed by atoms with Gasteiger partial charge in [0.15, 0.2) is 17.3 Å². The van der Waals surface area contributed by atoms with E-state index in [1.54, 1.807) is 0 Å². The summed E-state index contributed by atoms with van der Waals surface area (Å²) in [5.74, 6) is -2.10. The van der Waals surface area contributed by atoms with Crippen molar-refractivity contribution in [1.29, 1.82) is 0 Å². The van der Waals surface area contributed by atoms with Gasteiger partial charge in [0.05, 0.1) is 11.1 Å². The average Bonchev–Trinajstić information content (AvgIpc) is 2.80. The number of carbonyl (C=O) groups is 1. The average molecular weight is 322 g/mol. The molecule has 0 amide bonds. The fourth-order valence-corrected chi connectivity index (χ4v) is 2.18. The maximum Gasteiger partial charge on any atom is 0.416 e. The van der Waals surface area contributed by atoms with E-state index in [2.05, 4.69) is 0 Å². The Hall–Kier alpha value is -2.96. The second kappa shape index (κ2) is 5.05. The van der Waals surface area contributed by atoms with Crippen LogP contribution in [0.1, 0.15) is 21.5 Å². The zero-order valence-electron chi connectivity index (χ0n) is 11.4. The molecule has 2 N–H and O–H groups in total. The number of alkyl halides is 3. The van der Waals surface area contributed by atoms with Crippen molar-refractivity contribution in [3.05, 3.63) is 58.8 Å². The lowest BCUT2D eigenvalue weighted by Gasteiger charge is -2.07. The Balaban J connectivity index is 2.00. The monoisotopic (exact) mass is 322 g/mol. The summed E-state index contributed by atoms with van der Waals surface area (Å²) >= 11 is 0. The molecule has 1 aliphatic rings. The third-order valence-electron chi connectivity index (χ3n) is 3.30. The minimum atomic E-state index is -4.50. The Morgan fingerprint density at radius 2 is 1.83 bits per heavy atom. The summed E-state index contributed by atoms with van der Waals surface area (Å²) in [6.07, 6.45) is -3.35. The molecular weight excluding hydrogens is 313 g/mol. The highest BCUT2D eigenvalue weighted by Gasteiger charge is 2.32. The van der Waals surface area contributed by atoms with Crippen LogP contribution in [0.5, 0.6) is 17.2 Å². The van der Waals surface area contributed by atoms with Crippen molar-refractivity contribution in [3.63, 3.8) is 0 Å². The number of allylic oxidation sites excluding steroid dienone is 1. The number of hydrogen-bond donors (Lipinski definition) is 2. The Morgan fingerprint density at radius 1 is 1.09 bits per heavy atom. The normalized spacial score (nSPS) is 15.6. The third-order valence-corrected chi connectivity index (χ3v) is 3.30. The first-order chi connectivity index (χ1) is 10.8. The van der Waals surface area contributed by atoms with Crippen molar-refractivity contribution in [1.82, 2.24) is 0 Å². The van der Waals surface area contributed by atoms with E-state index in [4.69, 9.17) is 4.74 Å². The Morgan fingerprint density at radius 3 is 2.52 bits per heavy atom. The number of halogens is 3. The third kappa shape index (κ3) is 2.61. The van der Waals surface area contributed by atoms with Gasteiger partial charge in [-0.05, 0) is 35.9 Å². The topological polar surface area (TPSA) is 66.8 Å². The van der Waals surface area contributed by atoms with Gasteiger partial charge in [0, 0.05) is 0 Å². The predicted molar refractivity (Wildman–Crippen MR) is 74.2 cm³/mol. The number of phenolic OH excluding ortho intramolecular Hbond substituents is 2. The molecule has 0 saturated heterocycles. The van der Waals surface area contributed by atoms with Gasteiger partial charge in [-0.2, -0.15) is 13.2 Å². The van der Waals surface area contributed by atoms with Crippen molar-refractivity contribution in [2.45, 2.75) is 6.18 Å². The molecule has 0 atom stereocenters. The van der Waals surface area contributed by atoms with Crippen LogP contribution in [0.3, 0.4) is 0 Å². The Kier molecular flexibility index (Phi) is 3.28. The standard InChI is InChI=1S/C16H9F3O4/c17-16(18,19)9-3-1-2-8(6-9)7-12-13(21)10-4-5-11(20)14(22)15(10)23-12/h1-7,20,22H/b12-7-. The molecule has 0 unspecified atom stereocenters. The molecule has 0 bridgehead atoms. The van der Waals surface area contributed by atoms with Crippen LogP contribution in [0.2, 0.25) is 0 Å². The van der Waals surface area contributed by atoms with Gasteiger partial charge in [-0.1, -0.05) is 12.1 Å². The minimum Gasteiger partial charge on any atom is -0.504 e. The van der Waals surface area contributed by atoms with Crippen molar-refractivity contribution in [3.8, 4) is 17.2 Å². The maximum atomic E-state index is 12.7. The van der Waals surface area contributed by atoms with Gasteiger partial charge in [0.1, 0.15) is 0 Å². The van der Waals surface area contributed by atoms with Crippen molar-refractivity contribution in [2.24, 2.45) is 0 Å². The van der Waals surface area contributed by atoms with Gasteiger partial charge in [-0.15, -0.1) is 0 Å². The van der Waals surface area contributed by atoms with Crippen molar-refractivity contribution < 1.29 is 32.9 Å². The van der Waals surface area contributed by atoms with Crippen molar-refractivity contribution >= 4 is 11.9 Å². The van der Waals surface area contributed by atoms with Crippen LogP contribution in [0.15, 0.2) is 42.2 Å². The number of fused-ring (bicyclic) bond motifs is 1. The van der Waals surface area contributed by atoms with Gasteiger partial charge in [-0.25, -0.2) is 0 Å². The van der Waals surface area contributed by atoms with Gasteiger partial charge in [-0.3, -0.25) is 4.79 Å². The fourth-order valence-electron chi connectivity index (χ4n) is 2.18. The first kappa shape index (κ1) is 15.0. The second-order valence-electron chi connectivity index (χ2n) is 4.87. The molecule has 118 valence electrons. The minimum absolute atomic E-state index is 0.0264. The van der Waals surface area contributed by atoms with E-state index in [1.165, 1.54) is 18.2 Å². The quantitative estimate of drug-likeness (QED) is 0.620. The van der Waals surface area contributed by atoms with Gasteiger partial charge in [0.2, 0.25) is 11.5 Å². The molecule has 1 heterocycles. The maximum absolute atomic E-state index is 12.7. The van der Waals surface area contributed by atoms with E-state index in [1.807, 2.05) is 0 Å². The molecule has 23 heavy (non-hydrogen) atoms. The first-order valence-corrected chi connectivity index (χ1v) is 6.44. The van der Waals surface area contributed by atoms with Crippen LogP contribution in [-0.2, 0) is 6.18 Å². The SMILES string of the molecule is O=C1/C(=C/c2cccc(C(F)(F)F)c2)Oc2c1ccc(O)c2O. The number of rotatable bonds is 1. The van der Waals surface area contributed by atoms with Crippen LogP contribution in [0.25, 0.3) is 6.08 Å². The summed E-state index contributed by atoms with van der Waals surface area (Å²) < 4.78 is 43.3. The van der Waals surface area contributed by atoms with Gasteiger partial charge >= 0.3 is 6.18 Å². The Labute approximate surface area is 128 Å². The number of Topliss-reactive ketones (excluding diaryl/α,β-unsaturated/α-hetero) is 1. The van der Waals surface area contributed by atoms with Gasteiger partial charge < -0.3 is 14.9 Å². The van der Waals surface area contributed by atoms with E-state index >= 15 is 0 Å². The van der Waals surface area contributed by atoms with E-state index < -0.39 is 29.0 Å². The summed E-state index contributed by atoms with van der Waals surface area (Å²) in [7, 11) is 0. The van der Waals surface area contributed by atoms with E-state index in [0.717, 1.165) is 24.3 Å². The summed E-state index contributed by atoms with van der Waals surface area (Å²) in [4.78, 5) is 12.1. The fraction of sp³-hybridized carbons (Fsp3) is 0.0625. The predicted octanol–water partition coefficient (Wildman–Crippen LogP) is 3.73. The number of benzene rings is 2. The lowest BCUT2D eigenvalue weighted by molar-refractivity contribution is -0.137. The number of aromatic hydroxyl groups is 2. The molecule has 0 saturated carbocycles. The number of ketones is 1. The lowest BCUT2D eigenvalue weighted by atomic mass is 10.1. The zero-order chi connectivity index (χ0) is 16.8. The van der Waals surface area contributed by atoms with Crippen LogP contribution < -0.4 is 4.74 Å². The van der Waals surface area contributed by atoms with Crippen LogP contribution >= 0.6 is 0 Å². The van der Waals surface area contributed by atoms with E-state index in [9.17, 15) is 28.2 Å². The molecule has 2 aromatic carbocycles. The van der Waals surface area contributed by atoms with E-state index in [-0.39, 0.29) is 22.6 Å². The highest BCUT2D eigenvalue weighted by atomic mass is 19.4. The largest absolute Gasteiger partial charge is 0.504 e. The van der Waals surface area contributed by atoms with Crippen LogP contribution in [0.4, 0.5) is 13.2 Å². The second-order valence-corrected chi connectivity index (χ2v) is 4.87. The Bertz CT molecular complexity index is 838. The number of phenols is 2. The summed E-state index contributed by atoms with van der Waals surface area (Å²) in [6.45, 7) is 0. The van der Waals surface area contributed by atoms with Crippen LogP contribution in [0, 0.1) is 0 Å². The summed E-state index contributed by atoms with van der Waals surface area (Å²) in [6, 6.07) is 6.79. The lowest BCUT2D eigenvalue weighted by Crippen LogP contribution is -2.05. The molecule has 0 radical (unpaired) electrons. The molecule has 0 fully saturated rings. The molecule has 1 aliphatic heterocycles. The van der Waals surface area contributed by atoms with Crippen LogP contribution in [-0.4, -0.2) is 16.0 Å². The number of hydrogen-bond acceptors (Lipinski definition) is 4. The molecule has 0 aromatic heterocycles. The summed E-state index contributed by atoms with van der Waals surface area (Å²) in [5, 5.41) is 19.1. The number of ether oxygens (including phenoxy) is 1. The summed E-state index contributed by atoms with van der Waals surface area (Å²) in [5.41, 5.74) is -0.700. The van der Waals surface area contributed by atoms with E-state index in [0.29, 0.717) is 0 Å². The molecule has 0 aliphatic carbocycles. The first-order valence-electron chi connectivity index (χ1n) is 6.44. The highest BCUT2D eigenvalue weighted by Crippen LogP contribution is 2.44. The molecule has 3 rings (SSSR count). The van der Waals surface area contributed by atoms with Crippen molar-refractivity contribution in [2.75, 3.05) is 0 Å². The van der Waals surface area contributed by atoms with Gasteiger partial charge in [0.25, 0.3) is 0 Å².